The van der Waals surface area contributed by atoms with Crippen LogP contribution in [0.25, 0.3) is 0 Å². The van der Waals surface area contributed by atoms with Gasteiger partial charge in [-0.3, -0.25) is 4.99 Å². The molecular formula is C14H30N4O2. The van der Waals surface area contributed by atoms with Gasteiger partial charge in [0.2, 0.25) is 0 Å². The second-order valence-corrected chi connectivity index (χ2v) is 5.87. The molecule has 20 heavy (non-hydrogen) atoms. The molecule has 0 aliphatic heterocycles. The topological polar surface area (TPSA) is 66.0 Å². The molecule has 0 bridgehead atoms. The van der Waals surface area contributed by atoms with E-state index in [1.807, 2.05) is 41.7 Å². The Morgan fingerprint density at radius 1 is 1.35 bits per heavy atom. The van der Waals surface area contributed by atoms with Crippen molar-refractivity contribution >= 4 is 12.1 Å². The molecule has 0 radical (unpaired) electrons. The first-order chi connectivity index (χ1) is 9.21. The van der Waals surface area contributed by atoms with E-state index in [1.165, 1.54) is 0 Å². The van der Waals surface area contributed by atoms with Gasteiger partial charge in [-0.05, 0) is 41.0 Å². The maximum Gasteiger partial charge on any atom is 0.410 e. The Labute approximate surface area is 123 Å². The molecule has 0 aromatic heterocycles. The minimum Gasteiger partial charge on any atom is -0.444 e. The fraction of sp³-hybridized carbons (Fsp3) is 0.857. The number of amides is 1. The largest absolute Gasteiger partial charge is 0.444 e. The van der Waals surface area contributed by atoms with E-state index in [-0.39, 0.29) is 12.1 Å². The van der Waals surface area contributed by atoms with Crippen molar-refractivity contribution in [2.75, 3.05) is 27.2 Å². The first-order valence-electron chi connectivity index (χ1n) is 7.09. The van der Waals surface area contributed by atoms with Gasteiger partial charge in [-0.1, -0.05) is 0 Å². The standard InChI is InChI=1S/C14H30N4O2/c1-11(2)18(13(19)20-14(3,4)5)10-8-9-17-12(15-6)16-7/h11H,8-10H2,1-7H3,(H2,15,16,17). The smallest absolute Gasteiger partial charge is 0.410 e. The van der Waals surface area contributed by atoms with Crippen LogP contribution in [0.5, 0.6) is 0 Å². The van der Waals surface area contributed by atoms with Crippen LogP contribution < -0.4 is 10.6 Å². The summed E-state index contributed by atoms with van der Waals surface area (Å²) in [4.78, 5) is 17.9. The Morgan fingerprint density at radius 3 is 2.35 bits per heavy atom. The minimum absolute atomic E-state index is 0.119. The molecule has 0 aromatic carbocycles. The van der Waals surface area contributed by atoms with Crippen molar-refractivity contribution in [3.05, 3.63) is 0 Å². The maximum atomic E-state index is 12.1. The highest BCUT2D eigenvalue weighted by Gasteiger charge is 2.23. The number of nitrogens with zero attached hydrogens (tertiary/aromatic N) is 2. The molecule has 0 aromatic rings. The Morgan fingerprint density at radius 2 is 1.95 bits per heavy atom. The first-order valence-corrected chi connectivity index (χ1v) is 7.09. The summed E-state index contributed by atoms with van der Waals surface area (Å²) in [6, 6.07) is 0.119. The molecule has 0 aliphatic rings. The van der Waals surface area contributed by atoms with E-state index in [0.29, 0.717) is 6.54 Å². The Balaban J connectivity index is 4.26. The third-order valence-electron chi connectivity index (χ3n) is 2.58. The van der Waals surface area contributed by atoms with Gasteiger partial charge in [0.1, 0.15) is 5.60 Å². The molecular weight excluding hydrogens is 256 g/mol. The molecule has 0 atom stereocenters. The molecule has 0 saturated heterocycles. The van der Waals surface area contributed by atoms with Crippen LogP contribution in [0, 0.1) is 0 Å². The van der Waals surface area contributed by atoms with E-state index in [0.717, 1.165) is 18.9 Å². The molecule has 6 nitrogen and oxygen atoms in total. The number of hydrogen-bond donors (Lipinski definition) is 2. The van der Waals surface area contributed by atoms with Crippen molar-refractivity contribution in [3.8, 4) is 0 Å². The van der Waals surface area contributed by atoms with E-state index in [4.69, 9.17) is 4.74 Å². The highest BCUT2D eigenvalue weighted by molar-refractivity contribution is 5.79. The summed E-state index contributed by atoms with van der Waals surface area (Å²) in [5, 5.41) is 6.11. The lowest BCUT2D eigenvalue weighted by atomic mass is 10.2. The Kier molecular flexibility index (Phi) is 8.03. The van der Waals surface area contributed by atoms with Gasteiger partial charge in [0.05, 0.1) is 0 Å². The van der Waals surface area contributed by atoms with E-state index in [9.17, 15) is 4.79 Å². The number of ether oxygens (including phenoxy) is 1. The molecule has 6 heteroatoms. The highest BCUT2D eigenvalue weighted by Crippen LogP contribution is 2.12. The summed E-state index contributed by atoms with van der Waals surface area (Å²) in [7, 11) is 3.54. The molecule has 0 aliphatic carbocycles. The number of guanidine groups is 1. The van der Waals surface area contributed by atoms with Crippen LogP contribution in [0.1, 0.15) is 41.0 Å². The number of carbonyl (C=O) groups excluding carboxylic acids is 1. The van der Waals surface area contributed by atoms with Crippen LogP contribution in [0.3, 0.4) is 0 Å². The zero-order valence-electron chi connectivity index (χ0n) is 13.9. The molecule has 0 heterocycles. The summed E-state index contributed by atoms with van der Waals surface area (Å²) < 4.78 is 5.41. The first kappa shape index (κ1) is 18.5. The van der Waals surface area contributed by atoms with Crippen LogP contribution in [0.2, 0.25) is 0 Å². The van der Waals surface area contributed by atoms with E-state index in [1.54, 1.807) is 11.9 Å². The third kappa shape index (κ3) is 7.86. The summed E-state index contributed by atoms with van der Waals surface area (Å²) in [5.41, 5.74) is -0.462. The monoisotopic (exact) mass is 286 g/mol. The molecule has 0 spiro atoms. The lowest BCUT2D eigenvalue weighted by molar-refractivity contribution is 0.0190. The lowest BCUT2D eigenvalue weighted by Gasteiger charge is -2.30. The van der Waals surface area contributed by atoms with Crippen LogP contribution in [-0.4, -0.2) is 55.8 Å². The van der Waals surface area contributed by atoms with Gasteiger partial charge in [0, 0.05) is 33.2 Å². The summed E-state index contributed by atoms with van der Waals surface area (Å²) in [6.45, 7) is 11.0. The summed E-state index contributed by atoms with van der Waals surface area (Å²) >= 11 is 0. The SMILES string of the molecule is CN=C(NC)NCCCN(C(=O)OC(C)(C)C)C(C)C. The van der Waals surface area contributed by atoms with Gasteiger partial charge in [0.25, 0.3) is 0 Å². The molecule has 118 valence electrons. The van der Waals surface area contributed by atoms with Gasteiger partial charge in [-0.15, -0.1) is 0 Å². The van der Waals surface area contributed by atoms with E-state index >= 15 is 0 Å². The van der Waals surface area contributed by atoms with Crippen molar-refractivity contribution in [1.29, 1.82) is 0 Å². The summed E-state index contributed by atoms with van der Waals surface area (Å²) in [6.07, 6.45) is 0.573. The molecule has 0 fully saturated rings. The van der Waals surface area contributed by atoms with Gasteiger partial charge in [0.15, 0.2) is 5.96 Å². The Bertz CT molecular complexity index is 322. The second kappa shape index (κ2) is 8.66. The second-order valence-electron chi connectivity index (χ2n) is 5.87. The van der Waals surface area contributed by atoms with E-state index in [2.05, 4.69) is 15.6 Å². The predicted octanol–water partition coefficient (Wildman–Crippen LogP) is 1.82. The number of hydrogen-bond acceptors (Lipinski definition) is 3. The van der Waals surface area contributed by atoms with Crippen molar-refractivity contribution < 1.29 is 9.53 Å². The van der Waals surface area contributed by atoms with Crippen molar-refractivity contribution in [1.82, 2.24) is 15.5 Å². The fourth-order valence-corrected chi connectivity index (χ4v) is 1.62. The van der Waals surface area contributed by atoms with Crippen molar-refractivity contribution in [2.45, 2.75) is 52.7 Å². The lowest BCUT2D eigenvalue weighted by Crippen LogP contribution is -2.43. The van der Waals surface area contributed by atoms with Crippen LogP contribution >= 0.6 is 0 Å². The number of rotatable bonds is 5. The van der Waals surface area contributed by atoms with Crippen molar-refractivity contribution in [2.24, 2.45) is 4.99 Å². The van der Waals surface area contributed by atoms with E-state index < -0.39 is 5.60 Å². The fourth-order valence-electron chi connectivity index (χ4n) is 1.62. The zero-order valence-corrected chi connectivity index (χ0v) is 13.9. The van der Waals surface area contributed by atoms with Crippen molar-refractivity contribution in [3.63, 3.8) is 0 Å². The molecule has 0 saturated carbocycles. The van der Waals surface area contributed by atoms with Crippen LogP contribution in [0.15, 0.2) is 4.99 Å². The average Bonchev–Trinajstić information content (AvgIpc) is 2.31. The molecule has 0 rings (SSSR count). The van der Waals surface area contributed by atoms with Crippen LogP contribution in [-0.2, 0) is 4.74 Å². The Hall–Kier alpha value is -1.46. The van der Waals surface area contributed by atoms with Gasteiger partial charge in [-0.2, -0.15) is 0 Å². The molecule has 2 N–H and O–H groups in total. The predicted molar refractivity (Wildman–Crippen MR) is 83.1 cm³/mol. The number of carbonyl (C=O) groups is 1. The number of nitrogens with one attached hydrogen (secondary N) is 2. The third-order valence-corrected chi connectivity index (χ3v) is 2.58. The molecule has 1 amide bonds. The number of aliphatic imine (C=N–C) groups is 1. The highest BCUT2D eigenvalue weighted by atomic mass is 16.6. The van der Waals surface area contributed by atoms with Gasteiger partial charge in [-0.25, -0.2) is 4.79 Å². The van der Waals surface area contributed by atoms with Gasteiger partial charge < -0.3 is 20.3 Å². The average molecular weight is 286 g/mol. The van der Waals surface area contributed by atoms with Crippen LogP contribution in [0.4, 0.5) is 4.79 Å². The quantitative estimate of drug-likeness (QED) is 0.459. The minimum atomic E-state index is -0.462. The van der Waals surface area contributed by atoms with Gasteiger partial charge >= 0.3 is 6.09 Å². The maximum absolute atomic E-state index is 12.1. The normalized spacial score (nSPS) is 12.3. The zero-order chi connectivity index (χ0) is 15.8. The molecule has 0 unspecified atom stereocenters. The summed E-state index contributed by atoms with van der Waals surface area (Å²) in [5.74, 6) is 0.748.